The molecule has 2 fully saturated rings. The predicted octanol–water partition coefficient (Wildman–Crippen LogP) is 3.22. The Kier molecular flexibility index (Phi) is 5.84. The number of hydrogen-bond donors (Lipinski definition) is 1. The summed E-state index contributed by atoms with van der Waals surface area (Å²) in [6.45, 7) is 2.32. The maximum atomic E-state index is 13.3. The number of piperazine rings is 1. The second-order valence-corrected chi connectivity index (χ2v) is 10.3. The summed E-state index contributed by atoms with van der Waals surface area (Å²) in [5, 5.41) is 3.14. The Hall–Kier alpha value is -2.38. The summed E-state index contributed by atoms with van der Waals surface area (Å²) >= 11 is 0. The van der Waals surface area contributed by atoms with Gasteiger partial charge in [0.15, 0.2) is 0 Å². The summed E-state index contributed by atoms with van der Waals surface area (Å²) in [5.41, 5.74) is 2.49. The van der Waals surface area contributed by atoms with Crippen molar-refractivity contribution in [1.82, 2.24) is 4.31 Å². The molecule has 6 nitrogen and oxygen atoms in total. The van der Waals surface area contributed by atoms with Crippen molar-refractivity contribution in [3.63, 3.8) is 0 Å². The lowest BCUT2D eigenvalue weighted by Crippen LogP contribution is -2.48. The van der Waals surface area contributed by atoms with E-state index in [1.165, 1.54) is 10.6 Å². The third kappa shape index (κ3) is 4.23. The molecular formula is C23H29N3O3S. The number of hydrogen-bond acceptors (Lipinski definition) is 4. The third-order valence-electron chi connectivity index (χ3n) is 6.42. The van der Waals surface area contributed by atoms with Crippen LogP contribution in [0.1, 0.15) is 31.2 Å². The zero-order valence-corrected chi connectivity index (χ0v) is 18.2. The number of benzene rings is 2. The normalized spacial score (nSPS) is 19.6. The van der Waals surface area contributed by atoms with Gasteiger partial charge in [-0.15, -0.1) is 0 Å². The maximum Gasteiger partial charge on any atom is 0.235 e. The van der Waals surface area contributed by atoms with E-state index >= 15 is 0 Å². The lowest BCUT2D eigenvalue weighted by molar-refractivity contribution is -0.121. The molecule has 1 aliphatic carbocycles. The molecule has 7 heteroatoms. The molecule has 1 N–H and O–H groups in total. The van der Waals surface area contributed by atoms with Gasteiger partial charge in [-0.3, -0.25) is 4.79 Å². The number of carbonyl (C=O) groups excluding carboxylic acids is 1. The van der Waals surface area contributed by atoms with Crippen LogP contribution in [0.25, 0.3) is 0 Å². The van der Waals surface area contributed by atoms with E-state index in [0.29, 0.717) is 26.2 Å². The zero-order valence-electron chi connectivity index (χ0n) is 17.4. The van der Waals surface area contributed by atoms with E-state index in [-0.39, 0.29) is 5.91 Å². The molecule has 2 aromatic carbocycles. The number of rotatable bonds is 5. The predicted molar refractivity (Wildman–Crippen MR) is 120 cm³/mol. The highest BCUT2D eigenvalue weighted by Gasteiger charge is 2.42. The number of amides is 1. The smallest absolute Gasteiger partial charge is 0.235 e. The van der Waals surface area contributed by atoms with Gasteiger partial charge in [-0.2, -0.15) is 4.31 Å². The molecule has 2 aromatic rings. The molecule has 160 valence electrons. The number of nitrogens with one attached hydrogen (secondary N) is 1. The van der Waals surface area contributed by atoms with Gasteiger partial charge in [0.1, 0.15) is 0 Å². The van der Waals surface area contributed by atoms with Crippen LogP contribution >= 0.6 is 0 Å². The van der Waals surface area contributed by atoms with Crippen molar-refractivity contribution in [2.75, 3.05) is 42.7 Å². The lowest BCUT2D eigenvalue weighted by atomic mass is 9.78. The van der Waals surface area contributed by atoms with Gasteiger partial charge >= 0.3 is 0 Å². The standard InChI is InChI=1S/C23H29N3O3S/c1-30(28,29)26-17-15-25(16-18-26)21-11-9-20(10-12-21)24-22(27)23(13-5-6-14-23)19-7-3-2-4-8-19/h2-4,7-12H,5-6,13-18H2,1H3,(H,24,27). The number of nitrogens with zero attached hydrogens (tertiary/aromatic N) is 2. The maximum absolute atomic E-state index is 13.3. The van der Waals surface area contributed by atoms with Crippen LogP contribution in [0.4, 0.5) is 11.4 Å². The topological polar surface area (TPSA) is 69.7 Å². The zero-order chi connectivity index (χ0) is 21.2. The molecule has 0 unspecified atom stereocenters. The summed E-state index contributed by atoms with van der Waals surface area (Å²) in [6, 6.07) is 18.0. The Labute approximate surface area is 178 Å². The molecule has 30 heavy (non-hydrogen) atoms. The van der Waals surface area contributed by atoms with Gasteiger partial charge in [0.2, 0.25) is 15.9 Å². The highest BCUT2D eigenvalue weighted by molar-refractivity contribution is 7.88. The largest absolute Gasteiger partial charge is 0.369 e. The molecule has 1 amide bonds. The molecule has 0 aromatic heterocycles. The van der Waals surface area contributed by atoms with E-state index < -0.39 is 15.4 Å². The van der Waals surface area contributed by atoms with Gasteiger partial charge in [0.25, 0.3) is 0 Å². The van der Waals surface area contributed by atoms with Crippen molar-refractivity contribution in [3.05, 3.63) is 60.2 Å². The van der Waals surface area contributed by atoms with Gasteiger partial charge in [0, 0.05) is 37.6 Å². The first kappa shape index (κ1) is 20.9. The van der Waals surface area contributed by atoms with Crippen LogP contribution in [0, 0.1) is 0 Å². The molecule has 4 rings (SSSR count). The highest BCUT2D eigenvalue weighted by atomic mass is 32.2. The van der Waals surface area contributed by atoms with Crippen molar-refractivity contribution in [3.8, 4) is 0 Å². The van der Waals surface area contributed by atoms with Crippen LogP contribution in [0.5, 0.6) is 0 Å². The average molecular weight is 428 g/mol. The van der Waals surface area contributed by atoms with Gasteiger partial charge in [0.05, 0.1) is 11.7 Å². The molecule has 0 radical (unpaired) electrons. The lowest BCUT2D eigenvalue weighted by Gasteiger charge is -2.34. The van der Waals surface area contributed by atoms with Crippen LogP contribution in [-0.2, 0) is 20.2 Å². The van der Waals surface area contributed by atoms with Crippen molar-refractivity contribution in [1.29, 1.82) is 0 Å². The van der Waals surface area contributed by atoms with E-state index in [0.717, 1.165) is 42.6 Å². The van der Waals surface area contributed by atoms with E-state index in [4.69, 9.17) is 0 Å². The first-order valence-electron chi connectivity index (χ1n) is 10.6. The molecule has 1 saturated heterocycles. The fraction of sp³-hybridized carbons (Fsp3) is 0.435. The Morgan fingerprint density at radius 1 is 0.900 bits per heavy atom. The molecule has 1 aliphatic heterocycles. The highest BCUT2D eigenvalue weighted by Crippen LogP contribution is 2.42. The molecule has 1 heterocycles. The first-order chi connectivity index (χ1) is 14.4. The van der Waals surface area contributed by atoms with E-state index in [1.54, 1.807) is 0 Å². The summed E-state index contributed by atoms with van der Waals surface area (Å²) in [4.78, 5) is 15.4. The minimum absolute atomic E-state index is 0.0701. The Morgan fingerprint density at radius 3 is 2.07 bits per heavy atom. The van der Waals surface area contributed by atoms with E-state index in [1.807, 2.05) is 42.5 Å². The monoisotopic (exact) mass is 427 g/mol. The molecule has 2 aliphatic rings. The van der Waals surface area contributed by atoms with Gasteiger partial charge < -0.3 is 10.2 Å². The fourth-order valence-electron chi connectivity index (χ4n) is 4.67. The number of anilines is 2. The van der Waals surface area contributed by atoms with Crippen molar-refractivity contribution in [2.45, 2.75) is 31.1 Å². The minimum Gasteiger partial charge on any atom is -0.369 e. The van der Waals surface area contributed by atoms with E-state index in [9.17, 15) is 13.2 Å². The summed E-state index contributed by atoms with van der Waals surface area (Å²) in [5.74, 6) is 0.0701. The van der Waals surface area contributed by atoms with Crippen LogP contribution in [0.15, 0.2) is 54.6 Å². The third-order valence-corrected chi connectivity index (χ3v) is 7.72. The number of sulfonamides is 1. The van der Waals surface area contributed by atoms with Crippen molar-refractivity contribution < 1.29 is 13.2 Å². The molecule has 1 saturated carbocycles. The Morgan fingerprint density at radius 2 is 1.50 bits per heavy atom. The molecule has 0 bridgehead atoms. The van der Waals surface area contributed by atoms with Crippen LogP contribution in [0.3, 0.4) is 0 Å². The fourth-order valence-corrected chi connectivity index (χ4v) is 5.49. The summed E-state index contributed by atoms with van der Waals surface area (Å²) in [6.07, 6.45) is 5.16. The number of carbonyl (C=O) groups is 1. The van der Waals surface area contributed by atoms with Crippen molar-refractivity contribution in [2.24, 2.45) is 0 Å². The molecule has 0 atom stereocenters. The van der Waals surface area contributed by atoms with Gasteiger partial charge in [-0.05, 0) is 42.7 Å². The average Bonchev–Trinajstić information content (AvgIpc) is 3.26. The van der Waals surface area contributed by atoms with Crippen molar-refractivity contribution >= 4 is 27.3 Å². The van der Waals surface area contributed by atoms with Gasteiger partial charge in [-0.1, -0.05) is 43.2 Å². The van der Waals surface area contributed by atoms with Crippen LogP contribution < -0.4 is 10.2 Å². The molecule has 0 spiro atoms. The quantitative estimate of drug-likeness (QED) is 0.796. The second kappa shape index (κ2) is 8.40. The van der Waals surface area contributed by atoms with Crippen LogP contribution in [-0.4, -0.2) is 51.1 Å². The van der Waals surface area contributed by atoms with E-state index in [2.05, 4.69) is 22.3 Å². The van der Waals surface area contributed by atoms with Gasteiger partial charge in [-0.25, -0.2) is 8.42 Å². The molecular weight excluding hydrogens is 398 g/mol. The second-order valence-electron chi connectivity index (χ2n) is 8.31. The first-order valence-corrected chi connectivity index (χ1v) is 12.4. The van der Waals surface area contributed by atoms with Crippen LogP contribution in [0.2, 0.25) is 0 Å². The SMILES string of the molecule is CS(=O)(=O)N1CCN(c2ccc(NC(=O)C3(c4ccccc4)CCCC3)cc2)CC1. The summed E-state index contributed by atoms with van der Waals surface area (Å²) < 4.78 is 24.9. The summed E-state index contributed by atoms with van der Waals surface area (Å²) in [7, 11) is -3.13. The Balaban J connectivity index is 1.43. The minimum atomic E-state index is -3.13. The Bertz CT molecular complexity index is 976.